The van der Waals surface area contributed by atoms with Gasteiger partial charge in [0, 0.05) is 0 Å². The van der Waals surface area contributed by atoms with E-state index in [0.29, 0.717) is 0 Å². The summed E-state index contributed by atoms with van der Waals surface area (Å²) in [5, 5.41) is 0. The lowest BCUT2D eigenvalue weighted by molar-refractivity contribution is 0.470. The van der Waals surface area contributed by atoms with Crippen LogP contribution in [0.3, 0.4) is 0 Å². The summed E-state index contributed by atoms with van der Waals surface area (Å²) in [5.41, 5.74) is 1.50. The largest absolute Gasteiger partial charge is 0.0622 e. The van der Waals surface area contributed by atoms with Gasteiger partial charge in [-0.25, -0.2) is 0 Å². The number of rotatable bonds is 4. The van der Waals surface area contributed by atoms with Crippen molar-refractivity contribution >= 4 is 0 Å². The van der Waals surface area contributed by atoms with Gasteiger partial charge in [-0.1, -0.05) is 37.3 Å². The molecule has 0 nitrogen and oxygen atoms in total. The van der Waals surface area contributed by atoms with Gasteiger partial charge in [0.05, 0.1) is 0 Å². The lowest BCUT2D eigenvalue weighted by atomic mass is 9.97. The quantitative estimate of drug-likeness (QED) is 0.653. The maximum atomic E-state index is 2.40. The summed E-state index contributed by atoms with van der Waals surface area (Å²) in [4.78, 5) is 0. The summed E-state index contributed by atoms with van der Waals surface area (Å²) in [6.45, 7) is 2.40. The molecular formula is C13H18. The third-order valence-electron chi connectivity index (χ3n) is 3.16. The van der Waals surface area contributed by atoms with E-state index in [0.717, 1.165) is 11.8 Å². The van der Waals surface area contributed by atoms with Crippen LogP contribution < -0.4 is 0 Å². The highest BCUT2D eigenvalue weighted by Crippen LogP contribution is 2.38. The van der Waals surface area contributed by atoms with E-state index in [9.17, 15) is 0 Å². The smallest absolute Gasteiger partial charge is 0.0276 e. The van der Waals surface area contributed by atoms with Crippen LogP contribution in [0, 0.1) is 11.8 Å². The van der Waals surface area contributed by atoms with Crippen molar-refractivity contribution in [3.05, 3.63) is 35.9 Å². The summed E-state index contributed by atoms with van der Waals surface area (Å²) in [7, 11) is 0. The third kappa shape index (κ3) is 2.58. The summed E-state index contributed by atoms with van der Waals surface area (Å²) in [6.07, 6.45) is 5.60. The third-order valence-corrected chi connectivity index (χ3v) is 3.16. The molecule has 1 saturated carbocycles. The molecule has 0 aromatic heterocycles. The lowest BCUT2D eigenvalue weighted by Crippen LogP contribution is -1.99. The van der Waals surface area contributed by atoms with Crippen LogP contribution in [0.15, 0.2) is 30.3 Å². The van der Waals surface area contributed by atoms with Gasteiger partial charge in [-0.15, -0.1) is 0 Å². The minimum atomic E-state index is 0.945. The van der Waals surface area contributed by atoms with E-state index >= 15 is 0 Å². The highest BCUT2D eigenvalue weighted by molar-refractivity contribution is 5.14. The van der Waals surface area contributed by atoms with E-state index < -0.39 is 0 Å². The molecule has 1 unspecified atom stereocenters. The summed E-state index contributed by atoms with van der Waals surface area (Å²) in [6, 6.07) is 10.8. The molecule has 2 rings (SSSR count). The van der Waals surface area contributed by atoms with Crippen LogP contribution in [0.5, 0.6) is 0 Å². The maximum absolute atomic E-state index is 2.40. The fraction of sp³-hybridized carbons (Fsp3) is 0.538. The molecular weight excluding hydrogens is 156 g/mol. The van der Waals surface area contributed by atoms with E-state index in [1.807, 2.05) is 0 Å². The molecule has 1 aliphatic carbocycles. The Morgan fingerprint density at radius 2 is 1.92 bits per heavy atom. The summed E-state index contributed by atoms with van der Waals surface area (Å²) >= 11 is 0. The van der Waals surface area contributed by atoms with E-state index in [4.69, 9.17) is 0 Å². The Labute approximate surface area is 81.0 Å². The Balaban J connectivity index is 1.78. The first-order valence-corrected chi connectivity index (χ1v) is 5.40. The van der Waals surface area contributed by atoms with Gasteiger partial charge in [0.25, 0.3) is 0 Å². The summed E-state index contributed by atoms with van der Waals surface area (Å²) < 4.78 is 0. The highest BCUT2D eigenvalue weighted by Gasteiger charge is 2.27. The molecule has 0 amide bonds. The molecule has 1 aromatic carbocycles. The van der Waals surface area contributed by atoms with Gasteiger partial charge in [-0.05, 0) is 43.1 Å². The maximum Gasteiger partial charge on any atom is -0.0276 e. The Morgan fingerprint density at radius 3 is 2.54 bits per heavy atom. The monoisotopic (exact) mass is 174 g/mol. The predicted molar refractivity (Wildman–Crippen MR) is 56.7 cm³/mol. The Morgan fingerprint density at radius 1 is 1.23 bits per heavy atom. The molecule has 0 heteroatoms. The molecule has 0 heterocycles. The molecule has 1 aliphatic rings. The average molecular weight is 174 g/mol. The molecule has 0 bridgehead atoms. The van der Waals surface area contributed by atoms with Crippen molar-refractivity contribution in [1.82, 2.24) is 0 Å². The molecule has 0 spiro atoms. The van der Waals surface area contributed by atoms with E-state index in [-0.39, 0.29) is 0 Å². The molecule has 0 N–H and O–H groups in total. The standard InChI is InChI=1S/C13H18/c1-11(13-9-10-13)7-8-12-5-3-2-4-6-12/h2-6,11,13H,7-10H2,1H3. The number of hydrogen-bond donors (Lipinski definition) is 0. The zero-order chi connectivity index (χ0) is 9.10. The van der Waals surface area contributed by atoms with Crippen LogP contribution in [0.4, 0.5) is 0 Å². The topological polar surface area (TPSA) is 0 Å². The van der Waals surface area contributed by atoms with Crippen LogP contribution >= 0.6 is 0 Å². The van der Waals surface area contributed by atoms with Crippen LogP contribution in [-0.2, 0) is 6.42 Å². The molecule has 0 aliphatic heterocycles. The minimum Gasteiger partial charge on any atom is -0.0622 e. The Kier molecular flexibility index (Phi) is 2.68. The first-order valence-electron chi connectivity index (χ1n) is 5.40. The van der Waals surface area contributed by atoms with Crippen molar-refractivity contribution in [1.29, 1.82) is 0 Å². The molecule has 1 fully saturated rings. The van der Waals surface area contributed by atoms with E-state index in [1.165, 1.54) is 31.2 Å². The second kappa shape index (κ2) is 3.95. The molecule has 13 heavy (non-hydrogen) atoms. The van der Waals surface area contributed by atoms with Crippen molar-refractivity contribution < 1.29 is 0 Å². The Hall–Kier alpha value is -0.780. The SMILES string of the molecule is CC(CCc1ccccc1)C1CC1. The van der Waals surface area contributed by atoms with Crippen molar-refractivity contribution in [3.8, 4) is 0 Å². The summed E-state index contributed by atoms with van der Waals surface area (Å²) in [5.74, 6) is 2.00. The first-order chi connectivity index (χ1) is 6.36. The predicted octanol–water partition coefficient (Wildman–Crippen LogP) is 3.67. The van der Waals surface area contributed by atoms with Crippen LogP contribution in [0.2, 0.25) is 0 Å². The van der Waals surface area contributed by atoms with E-state index in [2.05, 4.69) is 37.3 Å². The average Bonchev–Trinajstić information content (AvgIpc) is 2.99. The fourth-order valence-electron chi connectivity index (χ4n) is 1.94. The van der Waals surface area contributed by atoms with Crippen molar-refractivity contribution in [2.45, 2.75) is 32.6 Å². The van der Waals surface area contributed by atoms with Crippen molar-refractivity contribution in [2.24, 2.45) is 11.8 Å². The van der Waals surface area contributed by atoms with Gasteiger partial charge < -0.3 is 0 Å². The minimum absolute atomic E-state index is 0.945. The van der Waals surface area contributed by atoms with Gasteiger partial charge in [0.15, 0.2) is 0 Å². The Bertz CT molecular complexity index is 246. The highest BCUT2D eigenvalue weighted by atomic mass is 14.3. The van der Waals surface area contributed by atoms with Crippen LogP contribution in [-0.4, -0.2) is 0 Å². The molecule has 0 radical (unpaired) electrons. The zero-order valence-electron chi connectivity index (χ0n) is 8.37. The molecule has 1 aromatic rings. The number of hydrogen-bond acceptors (Lipinski definition) is 0. The molecule has 0 saturated heterocycles. The fourth-order valence-corrected chi connectivity index (χ4v) is 1.94. The van der Waals surface area contributed by atoms with Crippen LogP contribution in [0.25, 0.3) is 0 Å². The first kappa shape index (κ1) is 8.80. The van der Waals surface area contributed by atoms with Crippen molar-refractivity contribution in [2.75, 3.05) is 0 Å². The zero-order valence-corrected chi connectivity index (χ0v) is 8.37. The van der Waals surface area contributed by atoms with E-state index in [1.54, 1.807) is 0 Å². The second-order valence-electron chi connectivity index (χ2n) is 4.34. The molecule has 70 valence electrons. The number of benzene rings is 1. The normalized spacial score (nSPS) is 18.5. The van der Waals surface area contributed by atoms with Crippen molar-refractivity contribution in [3.63, 3.8) is 0 Å². The second-order valence-corrected chi connectivity index (χ2v) is 4.34. The van der Waals surface area contributed by atoms with Gasteiger partial charge in [0.2, 0.25) is 0 Å². The lowest BCUT2D eigenvalue weighted by Gasteiger charge is -2.08. The van der Waals surface area contributed by atoms with Gasteiger partial charge in [0.1, 0.15) is 0 Å². The number of aryl methyl sites for hydroxylation is 1. The van der Waals surface area contributed by atoms with Crippen LogP contribution in [0.1, 0.15) is 31.7 Å². The van der Waals surface area contributed by atoms with Gasteiger partial charge in [-0.2, -0.15) is 0 Å². The molecule has 1 atom stereocenters. The van der Waals surface area contributed by atoms with Gasteiger partial charge in [-0.3, -0.25) is 0 Å². The van der Waals surface area contributed by atoms with Gasteiger partial charge >= 0.3 is 0 Å².